The molecule has 0 unspecified atom stereocenters. The van der Waals surface area contributed by atoms with Crippen LogP contribution in [0.25, 0.3) is 66.4 Å². The first-order valence-corrected chi connectivity index (χ1v) is 18.0. The number of fused-ring (bicyclic) bond motifs is 11. The van der Waals surface area contributed by atoms with Gasteiger partial charge in [-0.15, -0.1) is 0 Å². The molecule has 2 aliphatic rings. The monoisotopic (exact) mass is 654 g/mol. The van der Waals surface area contributed by atoms with Crippen LogP contribution in [-0.4, -0.2) is 9.97 Å². The Balaban J connectivity index is 1.28. The lowest BCUT2D eigenvalue weighted by molar-refractivity contribution is 0.665. The van der Waals surface area contributed by atoms with Gasteiger partial charge in [-0.1, -0.05) is 167 Å². The molecule has 0 amide bonds. The van der Waals surface area contributed by atoms with Crippen molar-refractivity contribution in [2.75, 3.05) is 0 Å². The fourth-order valence-electron chi connectivity index (χ4n) is 9.43. The van der Waals surface area contributed by atoms with Crippen molar-refractivity contribution >= 4 is 21.5 Å². The van der Waals surface area contributed by atoms with Gasteiger partial charge in [0.25, 0.3) is 0 Å². The lowest BCUT2D eigenvalue weighted by atomic mass is 9.75. The van der Waals surface area contributed by atoms with E-state index >= 15 is 0 Å². The van der Waals surface area contributed by atoms with Gasteiger partial charge >= 0.3 is 0 Å². The van der Waals surface area contributed by atoms with Gasteiger partial charge in [-0.25, -0.2) is 9.97 Å². The van der Waals surface area contributed by atoms with Crippen LogP contribution in [0.5, 0.6) is 0 Å². The maximum atomic E-state index is 5.26. The number of benzene rings is 7. The first-order chi connectivity index (χ1) is 24.8. The average molecular weight is 655 g/mol. The zero-order valence-corrected chi connectivity index (χ0v) is 29.5. The molecule has 51 heavy (non-hydrogen) atoms. The normalized spacial score (nSPS) is 14.7. The van der Waals surface area contributed by atoms with E-state index < -0.39 is 0 Å². The van der Waals surface area contributed by atoms with Gasteiger partial charge in [0.1, 0.15) is 0 Å². The van der Waals surface area contributed by atoms with E-state index in [-0.39, 0.29) is 10.8 Å². The minimum Gasteiger partial charge on any atom is -0.236 e. The molecule has 1 heterocycles. The minimum absolute atomic E-state index is 0.126. The summed E-state index contributed by atoms with van der Waals surface area (Å²) in [6.45, 7) is 9.63. The molecular weight excluding hydrogens is 617 g/mol. The van der Waals surface area contributed by atoms with Crippen LogP contribution >= 0.6 is 0 Å². The summed E-state index contributed by atoms with van der Waals surface area (Å²) >= 11 is 0. The lowest BCUT2D eigenvalue weighted by Gasteiger charge is -2.28. The summed E-state index contributed by atoms with van der Waals surface area (Å²) in [5, 5.41) is 5.37. The molecule has 0 radical (unpaired) electrons. The molecule has 244 valence electrons. The van der Waals surface area contributed by atoms with Gasteiger partial charge in [0.2, 0.25) is 0 Å². The van der Waals surface area contributed by atoms with Gasteiger partial charge in [-0.2, -0.15) is 0 Å². The summed E-state index contributed by atoms with van der Waals surface area (Å²) < 4.78 is 0. The van der Waals surface area contributed by atoms with Gasteiger partial charge in [0, 0.05) is 40.1 Å². The van der Waals surface area contributed by atoms with Gasteiger partial charge in [-0.05, 0) is 71.6 Å². The SMILES string of the molecule is CC1(C)c2ccccc2-c2ccc3c(c(Cc4cnc(-c5ccccc5)nc4-c4ccccc4)cc4ccc5c(c43)C(C)(C)c3ccccc3-5)c21. The van der Waals surface area contributed by atoms with Crippen LogP contribution < -0.4 is 0 Å². The van der Waals surface area contributed by atoms with E-state index in [9.17, 15) is 0 Å². The molecule has 8 aromatic rings. The van der Waals surface area contributed by atoms with Gasteiger partial charge in [-0.3, -0.25) is 0 Å². The second-order valence-electron chi connectivity index (χ2n) is 15.4. The van der Waals surface area contributed by atoms with Crippen LogP contribution in [0.2, 0.25) is 0 Å². The molecule has 0 atom stereocenters. The lowest BCUT2D eigenvalue weighted by Crippen LogP contribution is -2.17. The van der Waals surface area contributed by atoms with E-state index in [2.05, 4.69) is 155 Å². The molecule has 2 heteroatoms. The van der Waals surface area contributed by atoms with E-state index in [0.717, 1.165) is 34.6 Å². The van der Waals surface area contributed by atoms with Crippen LogP contribution in [-0.2, 0) is 17.3 Å². The van der Waals surface area contributed by atoms with E-state index in [4.69, 9.17) is 9.97 Å². The van der Waals surface area contributed by atoms with Crippen molar-refractivity contribution in [2.24, 2.45) is 0 Å². The third-order valence-electron chi connectivity index (χ3n) is 11.7. The molecule has 1 aromatic heterocycles. The highest BCUT2D eigenvalue weighted by molar-refractivity contribution is 6.17. The molecule has 0 spiro atoms. The Morgan fingerprint density at radius 2 is 1.04 bits per heavy atom. The van der Waals surface area contributed by atoms with Crippen molar-refractivity contribution in [1.29, 1.82) is 0 Å². The predicted octanol–water partition coefficient (Wildman–Crippen LogP) is 12.3. The molecular formula is C49H38N2. The number of hydrogen-bond donors (Lipinski definition) is 0. The number of hydrogen-bond acceptors (Lipinski definition) is 2. The fourth-order valence-corrected chi connectivity index (χ4v) is 9.43. The molecule has 0 N–H and O–H groups in total. The second kappa shape index (κ2) is 10.8. The van der Waals surface area contributed by atoms with Crippen molar-refractivity contribution in [1.82, 2.24) is 9.97 Å². The van der Waals surface area contributed by atoms with E-state index in [1.165, 1.54) is 71.6 Å². The standard InChI is InChI=1S/C49H38N2/c1-48(2)40-21-13-11-19-35(40)37-24-23-32-27-33(28-34-29-50-47(31-17-9-6-10-18-31)51-46(34)30-15-7-5-8-16-30)43-39(42(32)44(37)48)26-25-38-36-20-12-14-22-41(36)49(3,4)45(38)43/h5-27,29H,28H2,1-4H3. The third-order valence-corrected chi connectivity index (χ3v) is 11.7. The zero-order valence-electron chi connectivity index (χ0n) is 29.5. The molecule has 2 aliphatic carbocycles. The minimum atomic E-state index is -0.166. The van der Waals surface area contributed by atoms with Crippen molar-refractivity contribution < 1.29 is 0 Å². The van der Waals surface area contributed by atoms with Crippen LogP contribution in [0.1, 0.15) is 61.1 Å². The van der Waals surface area contributed by atoms with E-state index in [1.54, 1.807) is 0 Å². The van der Waals surface area contributed by atoms with E-state index in [1.807, 2.05) is 18.2 Å². The molecule has 0 saturated heterocycles. The summed E-state index contributed by atoms with van der Waals surface area (Å²) in [7, 11) is 0. The molecule has 2 nitrogen and oxygen atoms in total. The summed E-state index contributed by atoms with van der Waals surface area (Å²) in [5.41, 5.74) is 16.3. The Bertz CT molecular complexity index is 2700. The molecule has 0 aliphatic heterocycles. The maximum absolute atomic E-state index is 5.26. The first-order valence-electron chi connectivity index (χ1n) is 18.0. The molecule has 7 aromatic carbocycles. The van der Waals surface area contributed by atoms with Crippen LogP contribution in [0.3, 0.4) is 0 Å². The topological polar surface area (TPSA) is 25.8 Å². The molecule has 0 bridgehead atoms. The highest BCUT2D eigenvalue weighted by atomic mass is 14.9. The fraction of sp³-hybridized carbons (Fsp3) is 0.143. The predicted molar refractivity (Wildman–Crippen MR) is 212 cm³/mol. The quantitative estimate of drug-likeness (QED) is 0.177. The average Bonchev–Trinajstić information content (AvgIpc) is 3.55. The van der Waals surface area contributed by atoms with Gasteiger partial charge < -0.3 is 0 Å². The van der Waals surface area contributed by atoms with Gasteiger partial charge in [0.15, 0.2) is 5.82 Å². The summed E-state index contributed by atoms with van der Waals surface area (Å²) in [6.07, 6.45) is 2.79. The Kier molecular flexibility index (Phi) is 6.36. The van der Waals surface area contributed by atoms with Crippen molar-refractivity contribution in [3.05, 3.63) is 179 Å². The van der Waals surface area contributed by atoms with Crippen molar-refractivity contribution in [3.63, 3.8) is 0 Å². The van der Waals surface area contributed by atoms with Gasteiger partial charge in [0.05, 0.1) is 5.69 Å². The molecule has 10 rings (SSSR count). The molecule has 0 fully saturated rings. The second-order valence-corrected chi connectivity index (χ2v) is 15.4. The largest absolute Gasteiger partial charge is 0.236 e. The highest BCUT2D eigenvalue weighted by Gasteiger charge is 2.40. The summed E-state index contributed by atoms with van der Waals surface area (Å²) in [5.74, 6) is 0.747. The highest BCUT2D eigenvalue weighted by Crippen LogP contribution is 2.56. The smallest absolute Gasteiger partial charge is 0.159 e. The summed E-state index contributed by atoms with van der Waals surface area (Å²) in [6, 6.07) is 50.9. The third kappa shape index (κ3) is 4.29. The van der Waals surface area contributed by atoms with Crippen molar-refractivity contribution in [3.8, 4) is 44.9 Å². The Labute approximate surface area is 299 Å². The number of nitrogens with zero attached hydrogens (tertiary/aromatic N) is 2. The zero-order chi connectivity index (χ0) is 34.5. The Hall–Kier alpha value is -5.86. The molecule has 0 saturated carbocycles. The van der Waals surface area contributed by atoms with Crippen LogP contribution in [0.15, 0.2) is 146 Å². The van der Waals surface area contributed by atoms with E-state index in [0.29, 0.717) is 0 Å². The summed E-state index contributed by atoms with van der Waals surface area (Å²) in [4.78, 5) is 10.2. The Morgan fingerprint density at radius 3 is 1.69 bits per heavy atom. The first kappa shape index (κ1) is 30.0. The number of rotatable bonds is 4. The number of aromatic nitrogens is 2. The Morgan fingerprint density at radius 1 is 0.490 bits per heavy atom. The maximum Gasteiger partial charge on any atom is 0.159 e. The van der Waals surface area contributed by atoms with Crippen LogP contribution in [0.4, 0.5) is 0 Å². The van der Waals surface area contributed by atoms with Crippen molar-refractivity contribution in [2.45, 2.75) is 44.9 Å². The van der Waals surface area contributed by atoms with Crippen LogP contribution in [0, 0.1) is 0 Å².